The third kappa shape index (κ3) is 5.40. The average Bonchev–Trinajstić information content (AvgIpc) is 3.19. The lowest BCUT2D eigenvalue weighted by Crippen LogP contribution is -2.48. The maximum Gasteiger partial charge on any atom is 0.253 e. The Morgan fingerprint density at radius 3 is 2.30 bits per heavy atom. The normalized spacial score (nSPS) is 14.2. The SMILES string of the molecule is COc1ccc(-c2nc(CN3CCN(C(=O)c4ccc(NC(C)=O)cc4)CC3)c(C)o2)cc1. The van der Waals surface area contributed by atoms with E-state index in [0.717, 1.165) is 35.9 Å². The molecule has 1 N–H and O–H groups in total. The van der Waals surface area contributed by atoms with Gasteiger partial charge in [0.1, 0.15) is 11.5 Å². The van der Waals surface area contributed by atoms with Crippen molar-refractivity contribution in [1.82, 2.24) is 14.8 Å². The van der Waals surface area contributed by atoms with Crippen molar-refractivity contribution in [3.05, 3.63) is 65.5 Å². The van der Waals surface area contributed by atoms with Crippen molar-refractivity contribution in [2.75, 3.05) is 38.6 Å². The smallest absolute Gasteiger partial charge is 0.253 e. The van der Waals surface area contributed by atoms with E-state index >= 15 is 0 Å². The number of hydrogen-bond acceptors (Lipinski definition) is 6. The molecule has 0 unspecified atom stereocenters. The highest BCUT2D eigenvalue weighted by Crippen LogP contribution is 2.25. The number of methoxy groups -OCH3 is 1. The Kier molecular flexibility index (Phi) is 6.74. The van der Waals surface area contributed by atoms with Gasteiger partial charge in [-0.1, -0.05) is 0 Å². The number of rotatable bonds is 6. The van der Waals surface area contributed by atoms with E-state index in [9.17, 15) is 9.59 Å². The molecule has 1 fully saturated rings. The molecular formula is C25H28N4O4. The molecule has 0 bridgehead atoms. The molecule has 0 radical (unpaired) electrons. The predicted octanol–water partition coefficient (Wildman–Crippen LogP) is 3.58. The standard InChI is InChI=1S/C25H28N4O4/c1-17-23(27-24(33-17)19-6-10-22(32-3)11-7-19)16-28-12-14-29(15-13-28)25(31)20-4-8-21(9-5-20)26-18(2)30/h4-11H,12-16H2,1-3H3,(H,26,30). The van der Waals surface area contributed by atoms with Crippen LogP contribution in [0.2, 0.25) is 0 Å². The third-order valence-electron chi connectivity index (χ3n) is 5.71. The molecule has 0 aliphatic carbocycles. The molecule has 1 saturated heterocycles. The van der Waals surface area contributed by atoms with Gasteiger partial charge in [0.25, 0.3) is 5.91 Å². The number of piperazine rings is 1. The molecule has 4 rings (SSSR count). The van der Waals surface area contributed by atoms with E-state index in [1.807, 2.05) is 36.1 Å². The number of benzene rings is 2. The molecule has 2 aromatic carbocycles. The third-order valence-corrected chi connectivity index (χ3v) is 5.71. The van der Waals surface area contributed by atoms with Gasteiger partial charge in [0.15, 0.2) is 0 Å². The monoisotopic (exact) mass is 448 g/mol. The lowest BCUT2D eigenvalue weighted by molar-refractivity contribution is -0.114. The maximum absolute atomic E-state index is 12.8. The van der Waals surface area contributed by atoms with Gasteiger partial charge in [-0.15, -0.1) is 0 Å². The summed E-state index contributed by atoms with van der Waals surface area (Å²) < 4.78 is 11.1. The summed E-state index contributed by atoms with van der Waals surface area (Å²) in [5, 5.41) is 2.71. The van der Waals surface area contributed by atoms with Gasteiger partial charge < -0.3 is 19.4 Å². The van der Waals surface area contributed by atoms with Gasteiger partial charge in [-0.3, -0.25) is 14.5 Å². The summed E-state index contributed by atoms with van der Waals surface area (Å²) in [6, 6.07) is 14.6. The minimum Gasteiger partial charge on any atom is -0.497 e. The van der Waals surface area contributed by atoms with Gasteiger partial charge in [-0.05, 0) is 55.5 Å². The fourth-order valence-electron chi connectivity index (χ4n) is 3.83. The van der Waals surface area contributed by atoms with E-state index in [1.165, 1.54) is 6.92 Å². The summed E-state index contributed by atoms with van der Waals surface area (Å²) in [4.78, 5) is 32.8. The molecule has 33 heavy (non-hydrogen) atoms. The van der Waals surface area contributed by atoms with Gasteiger partial charge in [0.05, 0.1) is 12.8 Å². The van der Waals surface area contributed by atoms with Crippen LogP contribution in [-0.4, -0.2) is 59.9 Å². The Morgan fingerprint density at radius 2 is 1.70 bits per heavy atom. The van der Waals surface area contributed by atoms with Crippen LogP contribution in [0.1, 0.15) is 28.7 Å². The van der Waals surface area contributed by atoms with E-state index in [2.05, 4.69) is 10.2 Å². The maximum atomic E-state index is 12.8. The van der Waals surface area contributed by atoms with E-state index < -0.39 is 0 Å². The summed E-state index contributed by atoms with van der Waals surface area (Å²) in [6.45, 7) is 6.89. The molecule has 0 atom stereocenters. The highest BCUT2D eigenvalue weighted by Gasteiger charge is 2.24. The van der Waals surface area contributed by atoms with E-state index in [1.54, 1.807) is 31.4 Å². The Hall–Kier alpha value is -3.65. The summed E-state index contributed by atoms with van der Waals surface area (Å²) in [5.41, 5.74) is 3.12. The molecular weight excluding hydrogens is 420 g/mol. The minimum absolute atomic E-state index is 0.00318. The number of anilines is 1. The number of ether oxygens (including phenoxy) is 1. The predicted molar refractivity (Wildman–Crippen MR) is 125 cm³/mol. The lowest BCUT2D eigenvalue weighted by atomic mass is 10.1. The van der Waals surface area contributed by atoms with Crippen LogP contribution in [0.3, 0.4) is 0 Å². The Morgan fingerprint density at radius 1 is 1.03 bits per heavy atom. The van der Waals surface area contributed by atoms with Gasteiger partial charge >= 0.3 is 0 Å². The number of oxazole rings is 1. The summed E-state index contributed by atoms with van der Waals surface area (Å²) in [5.74, 6) is 2.06. The van der Waals surface area contributed by atoms with Crippen molar-refractivity contribution >= 4 is 17.5 Å². The van der Waals surface area contributed by atoms with Crippen molar-refractivity contribution in [2.24, 2.45) is 0 Å². The zero-order valence-electron chi connectivity index (χ0n) is 19.1. The Bertz CT molecular complexity index is 1110. The van der Waals surface area contributed by atoms with Crippen molar-refractivity contribution < 1.29 is 18.7 Å². The van der Waals surface area contributed by atoms with Crippen molar-refractivity contribution in [3.63, 3.8) is 0 Å². The van der Waals surface area contributed by atoms with E-state index in [0.29, 0.717) is 36.8 Å². The number of nitrogens with zero attached hydrogens (tertiary/aromatic N) is 3. The molecule has 2 amide bonds. The van der Waals surface area contributed by atoms with Crippen LogP contribution < -0.4 is 10.1 Å². The van der Waals surface area contributed by atoms with Crippen LogP contribution in [0.15, 0.2) is 52.9 Å². The molecule has 0 saturated carbocycles. The first kappa shape index (κ1) is 22.5. The van der Waals surface area contributed by atoms with Crippen molar-refractivity contribution in [1.29, 1.82) is 0 Å². The summed E-state index contributed by atoms with van der Waals surface area (Å²) >= 11 is 0. The lowest BCUT2D eigenvalue weighted by Gasteiger charge is -2.34. The molecule has 3 aromatic rings. The highest BCUT2D eigenvalue weighted by atomic mass is 16.5. The molecule has 172 valence electrons. The minimum atomic E-state index is -0.135. The number of carbonyl (C=O) groups excluding carboxylic acids is 2. The van der Waals surface area contributed by atoms with Crippen LogP contribution in [-0.2, 0) is 11.3 Å². The van der Waals surface area contributed by atoms with Crippen LogP contribution >= 0.6 is 0 Å². The Labute approximate surface area is 193 Å². The largest absolute Gasteiger partial charge is 0.497 e. The Balaban J connectivity index is 1.33. The summed E-state index contributed by atoms with van der Waals surface area (Å²) in [6.07, 6.45) is 0. The second-order valence-corrected chi connectivity index (χ2v) is 8.08. The number of hydrogen-bond donors (Lipinski definition) is 1. The van der Waals surface area contributed by atoms with Crippen LogP contribution in [0, 0.1) is 6.92 Å². The van der Waals surface area contributed by atoms with Crippen molar-refractivity contribution in [2.45, 2.75) is 20.4 Å². The van der Waals surface area contributed by atoms with Crippen LogP contribution in [0.4, 0.5) is 5.69 Å². The topological polar surface area (TPSA) is 87.9 Å². The highest BCUT2D eigenvalue weighted by molar-refractivity contribution is 5.95. The number of carbonyl (C=O) groups is 2. The van der Waals surface area contributed by atoms with Crippen LogP contribution in [0.5, 0.6) is 5.75 Å². The zero-order chi connectivity index (χ0) is 23.4. The molecule has 1 aliphatic heterocycles. The van der Waals surface area contributed by atoms with Crippen LogP contribution in [0.25, 0.3) is 11.5 Å². The molecule has 1 aromatic heterocycles. The van der Waals surface area contributed by atoms with E-state index in [4.69, 9.17) is 14.1 Å². The number of aromatic nitrogens is 1. The number of nitrogens with one attached hydrogen (secondary N) is 1. The quantitative estimate of drug-likeness (QED) is 0.620. The van der Waals surface area contributed by atoms with Crippen molar-refractivity contribution in [3.8, 4) is 17.2 Å². The van der Waals surface area contributed by atoms with Gasteiger partial charge in [0.2, 0.25) is 11.8 Å². The molecule has 2 heterocycles. The van der Waals surface area contributed by atoms with Gasteiger partial charge in [-0.2, -0.15) is 0 Å². The first-order valence-corrected chi connectivity index (χ1v) is 10.9. The second-order valence-electron chi connectivity index (χ2n) is 8.08. The fourth-order valence-corrected chi connectivity index (χ4v) is 3.83. The first-order chi connectivity index (χ1) is 15.9. The molecule has 8 nitrogen and oxygen atoms in total. The molecule has 0 spiro atoms. The average molecular weight is 449 g/mol. The zero-order valence-corrected chi connectivity index (χ0v) is 19.1. The number of amides is 2. The van der Waals surface area contributed by atoms with Gasteiger partial charge in [0, 0.05) is 56.5 Å². The molecule has 8 heteroatoms. The van der Waals surface area contributed by atoms with Gasteiger partial charge in [-0.25, -0.2) is 4.98 Å². The van der Waals surface area contributed by atoms with E-state index in [-0.39, 0.29) is 11.8 Å². The summed E-state index contributed by atoms with van der Waals surface area (Å²) in [7, 11) is 1.64. The number of aryl methyl sites for hydroxylation is 1. The fraction of sp³-hybridized carbons (Fsp3) is 0.320. The second kappa shape index (κ2) is 9.87. The molecule has 1 aliphatic rings. The first-order valence-electron chi connectivity index (χ1n) is 10.9.